The van der Waals surface area contributed by atoms with Gasteiger partial charge in [0.05, 0.1) is 4.90 Å². The van der Waals surface area contributed by atoms with Crippen LogP contribution in [0.1, 0.15) is 29.0 Å². The van der Waals surface area contributed by atoms with Crippen molar-refractivity contribution in [2.24, 2.45) is 5.92 Å². The summed E-state index contributed by atoms with van der Waals surface area (Å²) in [6.45, 7) is 3.30. The summed E-state index contributed by atoms with van der Waals surface area (Å²) < 4.78 is 33.4. The molecule has 0 saturated carbocycles. The number of benzene rings is 2. The summed E-state index contributed by atoms with van der Waals surface area (Å²) in [5, 5.41) is 1.33. The van der Waals surface area contributed by atoms with E-state index in [1.54, 1.807) is 23.1 Å². The Balaban J connectivity index is 1.33. The van der Waals surface area contributed by atoms with Crippen molar-refractivity contribution in [1.29, 1.82) is 0 Å². The van der Waals surface area contributed by atoms with E-state index in [2.05, 4.69) is 4.72 Å². The smallest absolute Gasteiger partial charge is 0.289 e. The normalized spacial score (nSPS) is 15.6. The van der Waals surface area contributed by atoms with E-state index in [4.69, 9.17) is 16.0 Å². The topological polar surface area (TPSA) is 79.6 Å². The van der Waals surface area contributed by atoms with E-state index in [-0.39, 0.29) is 16.7 Å². The van der Waals surface area contributed by atoms with E-state index in [1.807, 2.05) is 31.2 Å². The minimum atomic E-state index is -3.62. The highest BCUT2D eigenvalue weighted by Crippen LogP contribution is 2.24. The van der Waals surface area contributed by atoms with Crippen molar-refractivity contribution >= 4 is 38.5 Å². The quantitative estimate of drug-likeness (QED) is 0.636. The summed E-state index contributed by atoms with van der Waals surface area (Å²) in [6.07, 6.45) is 1.45. The fourth-order valence-corrected chi connectivity index (χ4v) is 5.02. The van der Waals surface area contributed by atoms with Gasteiger partial charge in [0.2, 0.25) is 10.0 Å². The van der Waals surface area contributed by atoms with Crippen LogP contribution in [0.15, 0.2) is 57.8 Å². The minimum Gasteiger partial charge on any atom is -0.451 e. The summed E-state index contributed by atoms with van der Waals surface area (Å²) in [7, 11) is -3.62. The van der Waals surface area contributed by atoms with Crippen LogP contribution >= 0.6 is 11.6 Å². The Morgan fingerprint density at radius 1 is 1.17 bits per heavy atom. The summed E-state index contributed by atoms with van der Waals surface area (Å²) in [4.78, 5) is 14.7. The first-order valence-electron chi connectivity index (χ1n) is 9.87. The molecule has 3 aromatic rings. The van der Waals surface area contributed by atoms with Gasteiger partial charge in [-0.15, -0.1) is 0 Å². The molecule has 6 nitrogen and oxygen atoms in total. The van der Waals surface area contributed by atoms with Crippen molar-refractivity contribution in [2.45, 2.75) is 24.7 Å². The first kappa shape index (κ1) is 20.9. The Labute approximate surface area is 180 Å². The van der Waals surface area contributed by atoms with E-state index >= 15 is 0 Å². The first-order chi connectivity index (χ1) is 14.3. The number of aryl methyl sites for hydroxylation is 1. The van der Waals surface area contributed by atoms with Crippen LogP contribution in [0.2, 0.25) is 5.02 Å². The number of rotatable bonds is 5. The molecule has 0 aliphatic carbocycles. The lowest BCUT2D eigenvalue weighted by Gasteiger charge is -2.31. The molecule has 8 heteroatoms. The molecule has 0 bridgehead atoms. The summed E-state index contributed by atoms with van der Waals surface area (Å²) in [5.74, 6) is 0.381. The van der Waals surface area contributed by atoms with Gasteiger partial charge in [-0.05, 0) is 55.5 Å². The van der Waals surface area contributed by atoms with E-state index in [0.29, 0.717) is 36.0 Å². The third kappa shape index (κ3) is 4.38. The number of hydrogen-bond donors (Lipinski definition) is 1. The average Bonchev–Trinajstić information content (AvgIpc) is 3.18. The van der Waals surface area contributed by atoms with Crippen LogP contribution in [0.3, 0.4) is 0 Å². The fourth-order valence-electron chi connectivity index (χ4n) is 3.63. The molecule has 1 amide bonds. The monoisotopic (exact) mass is 446 g/mol. The molecule has 2 heterocycles. The van der Waals surface area contributed by atoms with Crippen molar-refractivity contribution in [1.82, 2.24) is 9.62 Å². The maximum atomic E-state index is 12.7. The first-order valence-corrected chi connectivity index (χ1v) is 11.7. The number of piperidine rings is 1. The summed E-state index contributed by atoms with van der Waals surface area (Å²) >= 11 is 6.05. The number of para-hydroxylation sites is 1. The largest absolute Gasteiger partial charge is 0.451 e. The molecular formula is C22H23ClN2O4S. The van der Waals surface area contributed by atoms with Crippen LogP contribution in [0, 0.1) is 12.8 Å². The zero-order valence-electron chi connectivity index (χ0n) is 16.6. The molecule has 0 spiro atoms. The molecule has 158 valence electrons. The van der Waals surface area contributed by atoms with Crippen molar-refractivity contribution in [3.05, 3.63) is 64.9 Å². The Kier molecular flexibility index (Phi) is 5.86. The molecule has 0 atom stereocenters. The van der Waals surface area contributed by atoms with Gasteiger partial charge >= 0.3 is 0 Å². The Hall–Kier alpha value is -2.35. The molecule has 30 heavy (non-hydrogen) atoms. The fraction of sp³-hybridized carbons (Fsp3) is 0.318. The molecule has 0 unspecified atom stereocenters. The van der Waals surface area contributed by atoms with Gasteiger partial charge in [0.1, 0.15) is 5.58 Å². The lowest BCUT2D eigenvalue weighted by molar-refractivity contribution is 0.0662. The number of fused-ring (bicyclic) bond motifs is 1. The number of nitrogens with zero attached hydrogens (tertiary/aromatic N) is 1. The third-order valence-corrected chi connectivity index (χ3v) is 7.38. The van der Waals surface area contributed by atoms with Gasteiger partial charge < -0.3 is 9.32 Å². The number of furan rings is 1. The standard InChI is InChI=1S/C22H23ClN2O4S/c1-15-6-7-18(13-19(15)23)30(27,28)24-14-16-8-10-25(11-9-16)22(26)21-12-17-4-2-3-5-20(17)29-21/h2-7,12-13,16,24H,8-11,14H2,1H3. The molecule has 2 aromatic carbocycles. The lowest BCUT2D eigenvalue weighted by Crippen LogP contribution is -2.41. The SMILES string of the molecule is Cc1ccc(S(=O)(=O)NCC2CCN(C(=O)c3cc4ccccc4o3)CC2)cc1Cl. The Morgan fingerprint density at radius 3 is 2.60 bits per heavy atom. The molecule has 1 N–H and O–H groups in total. The van der Waals surface area contributed by atoms with Crippen LogP contribution in [0.5, 0.6) is 0 Å². The van der Waals surface area contributed by atoms with E-state index in [1.165, 1.54) is 6.07 Å². The molecule has 1 saturated heterocycles. The number of hydrogen-bond acceptors (Lipinski definition) is 4. The van der Waals surface area contributed by atoms with Crippen molar-refractivity contribution in [3.8, 4) is 0 Å². The highest BCUT2D eigenvalue weighted by molar-refractivity contribution is 7.89. The molecule has 0 radical (unpaired) electrons. The second kappa shape index (κ2) is 8.41. The third-order valence-electron chi connectivity index (χ3n) is 5.55. The minimum absolute atomic E-state index is 0.125. The Bertz CT molecular complexity index is 1150. The zero-order valence-corrected chi connectivity index (χ0v) is 18.2. The van der Waals surface area contributed by atoms with E-state index < -0.39 is 10.0 Å². The van der Waals surface area contributed by atoms with Crippen LogP contribution in [0.25, 0.3) is 11.0 Å². The average molecular weight is 447 g/mol. The van der Waals surface area contributed by atoms with Crippen LogP contribution < -0.4 is 4.72 Å². The number of carbonyl (C=O) groups excluding carboxylic acids is 1. The lowest BCUT2D eigenvalue weighted by atomic mass is 9.97. The molecule has 1 fully saturated rings. The number of carbonyl (C=O) groups is 1. The van der Waals surface area contributed by atoms with Gasteiger partial charge in [-0.2, -0.15) is 0 Å². The molecule has 1 aliphatic rings. The number of nitrogens with one attached hydrogen (secondary N) is 1. The van der Waals surface area contributed by atoms with Gasteiger partial charge in [-0.25, -0.2) is 13.1 Å². The predicted octanol–water partition coefficient (Wildman–Crippen LogP) is 4.23. The van der Waals surface area contributed by atoms with Crippen LogP contribution in [0.4, 0.5) is 0 Å². The number of halogens is 1. The van der Waals surface area contributed by atoms with Gasteiger partial charge in [0, 0.05) is 30.0 Å². The van der Waals surface area contributed by atoms with Crippen molar-refractivity contribution in [2.75, 3.05) is 19.6 Å². The molecular weight excluding hydrogens is 424 g/mol. The number of amides is 1. The second-order valence-corrected chi connectivity index (χ2v) is 9.82. The Morgan fingerprint density at radius 2 is 1.90 bits per heavy atom. The zero-order chi connectivity index (χ0) is 21.3. The van der Waals surface area contributed by atoms with E-state index in [0.717, 1.165) is 23.8 Å². The van der Waals surface area contributed by atoms with Crippen LogP contribution in [-0.4, -0.2) is 38.9 Å². The molecule has 1 aromatic heterocycles. The predicted molar refractivity (Wildman–Crippen MR) is 116 cm³/mol. The van der Waals surface area contributed by atoms with Gasteiger partial charge in [0.25, 0.3) is 5.91 Å². The maximum absolute atomic E-state index is 12.7. The summed E-state index contributed by atoms with van der Waals surface area (Å²) in [6, 6.07) is 14.0. The van der Waals surface area contributed by atoms with Gasteiger partial charge in [-0.3, -0.25) is 4.79 Å². The second-order valence-electron chi connectivity index (χ2n) is 7.65. The van der Waals surface area contributed by atoms with Gasteiger partial charge in [0.15, 0.2) is 5.76 Å². The molecule has 4 rings (SSSR count). The molecule has 1 aliphatic heterocycles. The summed E-state index contributed by atoms with van der Waals surface area (Å²) in [5.41, 5.74) is 1.53. The highest BCUT2D eigenvalue weighted by atomic mass is 35.5. The van der Waals surface area contributed by atoms with Gasteiger partial charge in [-0.1, -0.05) is 35.9 Å². The highest BCUT2D eigenvalue weighted by Gasteiger charge is 2.27. The number of likely N-dealkylation sites (tertiary alicyclic amines) is 1. The van der Waals surface area contributed by atoms with Crippen LogP contribution in [-0.2, 0) is 10.0 Å². The van der Waals surface area contributed by atoms with E-state index in [9.17, 15) is 13.2 Å². The van der Waals surface area contributed by atoms with Crippen molar-refractivity contribution in [3.63, 3.8) is 0 Å². The maximum Gasteiger partial charge on any atom is 0.289 e. The van der Waals surface area contributed by atoms with Crippen molar-refractivity contribution < 1.29 is 17.6 Å². The number of sulfonamides is 1.